The van der Waals surface area contributed by atoms with Crippen LogP contribution in [0.4, 0.5) is 0 Å². The first-order valence-corrected chi connectivity index (χ1v) is 7.19. The average Bonchev–Trinajstić information content (AvgIpc) is 2.93. The molecule has 2 aromatic carbocycles. The topological polar surface area (TPSA) is 38.7 Å². The van der Waals surface area contributed by atoms with E-state index in [0.29, 0.717) is 0 Å². The minimum Gasteiger partial charge on any atom is -0.496 e. The van der Waals surface area contributed by atoms with E-state index in [9.17, 15) is 5.11 Å². The number of aryl methyl sites for hydroxylation is 2. The summed E-state index contributed by atoms with van der Waals surface area (Å²) in [7, 11) is 1.64. The highest BCUT2D eigenvalue weighted by Gasteiger charge is 2.21. The monoisotopic (exact) mass is 284 g/mol. The molecule has 1 atom stereocenters. The molecular formula is C18H20O3. The Morgan fingerprint density at radius 1 is 1.19 bits per heavy atom. The summed E-state index contributed by atoms with van der Waals surface area (Å²) in [4.78, 5) is 0. The lowest BCUT2D eigenvalue weighted by molar-refractivity contribution is 0.213. The van der Waals surface area contributed by atoms with Gasteiger partial charge in [0.2, 0.25) is 0 Å². The highest BCUT2D eigenvalue weighted by atomic mass is 16.5. The Kier molecular flexibility index (Phi) is 3.60. The van der Waals surface area contributed by atoms with Crippen molar-refractivity contribution in [3.8, 4) is 11.5 Å². The van der Waals surface area contributed by atoms with E-state index < -0.39 is 6.10 Å². The maximum absolute atomic E-state index is 10.8. The van der Waals surface area contributed by atoms with E-state index in [4.69, 9.17) is 9.47 Å². The van der Waals surface area contributed by atoms with Crippen LogP contribution in [0.5, 0.6) is 11.5 Å². The number of aliphatic hydroxyl groups is 1. The summed E-state index contributed by atoms with van der Waals surface area (Å²) in [5, 5.41) is 10.8. The standard InChI is InChI=1S/C18H20O3/c1-11-8-12(2)17(16(9-11)20-3)18(19)14-4-5-15-13(10-14)6-7-21-15/h4-5,8-10,18-19H,6-7H2,1-3H3. The third kappa shape index (κ3) is 2.49. The average molecular weight is 284 g/mol. The van der Waals surface area contributed by atoms with Crippen LogP contribution in [0.3, 0.4) is 0 Å². The van der Waals surface area contributed by atoms with Gasteiger partial charge >= 0.3 is 0 Å². The molecule has 0 spiro atoms. The smallest absolute Gasteiger partial charge is 0.125 e. The van der Waals surface area contributed by atoms with Gasteiger partial charge in [0.05, 0.1) is 13.7 Å². The van der Waals surface area contributed by atoms with Gasteiger partial charge in [-0.3, -0.25) is 0 Å². The summed E-state index contributed by atoms with van der Waals surface area (Å²) in [5.74, 6) is 1.66. The molecule has 0 saturated carbocycles. The van der Waals surface area contributed by atoms with Gasteiger partial charge in [0.25, 0.3) is 0 Å². The minimum absolute atomic E-state index is 0.688. The van der Waals surface area contributed by atoms with Crippen LogP contribution >= 0.6 is 0 Å². The van der Waals surface area contributed by atoms with Gasteiger partial charge in [0.15, 0.2) is 0 Å². The molecule has 0 bridgehead atoms. The maximum Gasteiger partial charge on any atom is 0.125 e. The fraction of sp³-hybridized carbons (Fsp3) is 0.333. The zero-order chi connectivity index (χ0) is 15.0. The summed E-state index contributed by atoms with van der Waals surface area (Å²) < 4.78 is 11.0. The number of ether oxygens (including phenoxy) is 2. The Bertz CT molecular complexity index is 676. The third-order valence-corrected chi connectivity index (χ3v) is 4.02. The summed E-state index contributed by atoms with van der Waals surface area (Å²) in [6, 6.07) is 9.93. The zero-order valence-electron chi connectivity index (χ0n) is 12.6. The van der Waals surface area contributed by atoms with Gasteiger partial charge in [-0.05, 0) is 54.3 Å². The van der Waals surface area contributed by atoms with Crippen LogP contribution in [0, 0.1) is 13.8 Å². The highest BCUT2D eigenvalue weighted by Crippen LogP contribution is 2.36. The van der Waals surface area contributed by atoms with Gasteiger partial charge in [-0.15, -0.1) is 0 Å². The molecular weight excluding hydrogens is 264 g/mol. The third-order valence-electron chi connectivity index (χ3n) is 4.02. The number of aliphatic hydroxyl groups excluding tert-OH is 1. The van der Waals surface area contributed by atoms with Crippen molar-refractivity contribution in [2.24, 2.45) is 0 Å². The molecule has 3 rings (SSSR count). The Morgan fingerprint density at radius 3 is 2.76 bits per heavy atom. The Labute approximate surface area is 125 Å². The van der Waals surface area contributed by atoms with E-state index >= 15 is 0 Å². The summed E-state index contributed by atoms with van der Waals surface area (Å²) >= 11 is 0. The normalized spacial score (nSPS) is 14.5. The lowest BCUT2D eigenvalue weighted by Gasteiger charge is -2.19. The van der Waals surface area contributed by atoms with E-state index in [1.54, 1.807) is 7.11 Å². The van der Waals surface area contributed by atoms with Crippen LogP contribution in [0.1, 0.15) is 33.9 Å². The van der Waals surface area contributed by atoms with Crippen LogP contribution in [0.15, 0.2) is 30.3 Å². The van der Waals surface area contributed by atoms with Crippen LogP contribution in [-0.2, 0) is 6.42 Å². The zero-order valence-corrected chi connectivity index (χ0v) is 12.6. The predicted molar refractivity (Wildman–Crippen MR) is 82.2 cm³/mol. The molecule has 0 fully saturated rings. The molecule has 0 radical (unpaired) electrons. The van der Waals surface area contributed by atoms with E-state index in [1.165, 1.54) is 0 Å². The number of fused-ring (bicyclic) bond motifs is 1. The number of benzene rings is 2. The predicted octanol–water partition coefficient (Wildman–Crippen LogP) is 3.33. The number of rotatable bonds is 3. The van der Waals surface area contributed by atoms with Gasteiger partial charge in [-0.1, -0.05) is 12.1 Å². The second-order valence-electron chi connectivity index (χ2n) is 5.57. The summed E-state index contributed by atoms with van der Waals surface area (Å²) in [5.41, 5.74) is 5.04. The number of hydrogen-bond donors (Lipinski definition) is 1. The number of hydrogen-bond acceptors (Lipinski definition) is 3. The Morgan fingerprint density at radius 2 is 2.00 bits per heavy atom. The number of methoxy groups -OCH3 is 1. The minimum atomic E-state index is -0.688. The molecule has 0 saturated heterocycles. The van der Waals surface area contributed by atoms with Crippen LogP contribution in [0.2, 0.25) is 0 Å². The molecule has 21 heavy (non-hydrogen) atoms. The van der Waals surface area contributed by atoms with Gasteiger partial charge < -0.3 is 14.6 Å². The first-order valence-electron chi connectivity index (χ1n) is 7.19. The molecule has 1 aliphatic heterocycles. The van der Waals surface area contributed by atoms with Gasteiger partial charge in [-0.2, -0.15) is 0 Å². The second kappa shape index (κ2) is 5.41. The highest BCUT2D eigenvalue weighted by molar-refractivity contribution is 5.49. The van der Waals surface area contributed by atoms with Crippen molar-refractivity contribution in [3.05, 3.63) is 58.1 Å². The molecule has 110 valence electrons. The van der Waals surface area contributed by atoms with Crippen molar-refractivity contribution >= 4 is 0 Å². The van der Waals surface area contributed by atoms with Gasteiger partial charge in [0.1, 0.15) is 17.6 Å². The van der Waals surface area contributed by atoms with Gasteiger partial charge in [-0.25, -0.2) is 0 Å². The van der Waals surface area contributed by atoms with Crippen molar-refractivity contribution in [1.82, 2.24) is 0 Å². The van der Waals surface area contributed by atoms with E-state index in [2.05, 4.69) is 6.07 Å². The molecule has 0 aromatic heterocycles. The molecule has 1 unspecified atom stereocenters. The quantitative estimate of drug-likeness (QED) is 0.939. The SMILES string of the molecule is COc1cc(C)cc(C)c1C(O)c1ccc2c(c1)CCO2. The Hall–Kier alpha value is -2.00. The fourth-order valence-electron chi connectivity index (χ4n) is 3.00. The van der Waals surface area contributed by atoms with E-state index in [-0.39, 0.29) is 0 Å². The van der Waals surface area contributed by atoms with Crippen molar-refractivity contribution in [3.63, 3.8) is 0 Å². The molecule has 1 aliphatic rings. The maximum atomic E-state index is 10.8. The molecule has 2 aromatic rings. The van der Waals surface area contributed by atoms with E-state index in [1.807, 2.05) is 38.1 Å². The summed E-state index contributed by atoms with van der Waals surface area (Å²) in [6.07, 6.45) is 0.214. The van der Waals surface area contributed by atoms with Crippen molar-refractivity contribution in [1.29, 1.82) is 0 Å². The van der Waals surface area contributed by atoms with Crippen molar-refractivity contribution in [2.75, 3.05) is 13.7 Å². The fourth-order valence-corrected chi connectivity index (χ4v) is 3.00. The molecule has 0 aliphatic carbocycles. The first-order chi connectivity index (χ1) is 10.1. The van der Waals surface area contributed by atoms with Crippen molar-refractivity contribution in [2.45, 2.75) is 26.4 Å². The molecule has 3 heteroatoms. The first kappa shape index (κ1) is 14.0. The summed E-state index contributed by atoms with van der Waals surface area (Å²) in [6.45, 7) is 4.75. The second-order valence-corrected chi connectivity index (χ2v) is 5.57. The lowest BCUT2D eigenvalue weighted by Crippen LogP contribution is -2.05. The van der Waals surface area contributed by atoms with Gasteiger partial charge in [0, 0.05) is 12.0 Å². The van der Waals surface area contributed by atoms with Crippen molar-refractivity contribution < 1.29 is 14.6 Å². The van der Waals surface area contributed by atoms with Crippen LogP contribution < -0.4 is 9.47 Å². The molecule has 3 nitrogen and oxygen atoms in total. The largest absolute Gasteiger partial charge is 0.496 e. The molecule has 1 N–H and O–H groups in total. The molecule has 1 heterocycles. The van der Waals surface area contributed by atoms with Crippen LogP contribution in [-0.4, -0.2) is 18.8 Å². The lowest BCUT2D eigenvalue weighted by atomic mass is 9.94. The Balaban J connectivity index is 2.04. The molecule has 0 amide bonds. The van der Waals surface area contributed by atoms with E-state index in [0.717, 1.165) is 52.3 Å². The van der Waals surface area contributed by atoms with Crippen LogP contribution in [0.25, 0.3) is 0 Å².